The average Bonchev–Trinajstić information content (AvgIpc) is 2.62. The van der Waals surface area contributed by atoms with Gasteiger partial charge in [0.25, 0.3) is 0 Å². The van der Waals surface area contributed by atoms with Gasteiger partial charge < -0.3 is 5.32 Å². The first kappa shape index (κ1) is 20.6. The van der Waals surface area contributed by atoms with Crippen molar-refractivity contribution in [1.82, 2.24) is 4.90 Å². The third-order valence-corrected chi connectivity index (χ3v) is 6.21. The SMILES string of the molecule is CN(C)C(C(=O)Nc1ccc2c(c1)N(S(C)(=O)=O)CCC2)c1ccc(Cl)cc1. The molecular formula is C20H24ClN3O3S. The highest BCUT2D eigenvalue weighted by Crippen LogP contribution is 2.32. The fraction of sp³-hybridized carbons (Fsp3) is 0.350. The lowest BCUT2D eigenvalue weighted by atomic mass is 10.0. The van der Waals surface area contributed by atoms with Crippen molar-refractivity contribution in [2.24, 2.45) is 0 Å². The zero-order valence-electron chi connectivity index (χ0n) is 16.1. The van der Waals surface area contributed by atoms with Gasteiger partial charge in [-0.15, -0.1) is 0 Å². The van der Waals surface area contributed by atoms with Crippen LogP contribution in [0.1, 0.15) is 23.6 Å². The second-order valence-corrected chi connectivity index (χ2v) is 9.53. The van der Waals surface area contributed by atoms with E-state index in [1.807, 2.05) is 43.3 Å². The summed E-state index contributed by atoms with van der Waals surface area (Å²) in [5.74, 6) is -0.200. The van der Waals surface area contributed by atoms with Gasteiger partial charge in [-0.1, -0.05) is 29.8 Å². The van der Waals surface area contributed by atoms with Gasteiger partial charge in [0.15, 0.2) is 0 Å². The quantitative estimate of drug-likeness (QED) is 0.804. The standard InChI is InChI=1S/C20H24ClN3O3S/c1-23(2)19(15-6-9-16(21)10-7-15)20(25)22-17-11-8-14-5-4-12-24(18(14)13-17)28(3,26)27/h6-11,13,19H,4-5,12H2,1-3H3,(H,22,25). The molecule has 6 nitrogen and oxygen atoms in total. The van der Waals surface area contributed by atoms with Gasteiger partial charge >= 0.3 is 0 Å². The predicted molar refractivity (Wildman–Crippen MR) is 113 cm³/mol. The third-order valence-electron chi connectivity index (χ3n) is 4.78. The van der Waals surface area contributed by atoms with E-state index in [9.17, 15) is 13.2 Å². The van der Waals surface area contributed by atoms with Crippen LogP contribution in [0.25, 0.3) is 0 Å². The summed E-state index contributed by atoms with van der Waals surface area (Å²) >= 11 is 5.96. The molecule has 3 rings (SSSR count). The average molecular weight is 422 g/mol. The molecule has 0 saturated heterocycles. The number of hydrogen-bond donors (Lipinski definition) is 1. The predicted octanol–water partition coefficient (Wildman–Crippen LogP) is 3.29. The zero-order chi connectivity index (χ0) is 20.5. The molecule has 28 heavy (non-hydrogen) atoms. The summed E-state index contributed by atoms with van der Waals surface area (Å²) in [6, 6.07) is 12.1. The van der Waals surface area contributed by atoms with Gasteiger partial charge in [0.05, 0.1) is 11.9 Å². The maximum absolute atomic E-state index is 13.0. The van der Waals surface area contributed by atoms with Crippen molar-refractivity contribution < 1.29 is 13.2 Å². The summed E-state index contributed by atoms with van der Waals surface area (Å²) in [7, 11) is 0.299. The molecule has 2 aromatic carbocycles. The van der Waals surface area contributed by atoms with Crippen LogP contribution < -0.4 is 9.62 Å². The number of rotatable bonds is 5. The first-order valence-corrected chi connectivity index (χ1v) is 11.2. The van der Waals surface area contributed by atoms with Crippen LogP contribution in [0.2, 0.25) is 5.02 Å². The van der Waals surface area contributed by atoms with Crippen molar-refractivity contribution in [3.05, 3.63) is 58.6 Å². The highest BCUT2D eigenvalue weighted by atomic mass is 35.5. The smallest absolute Gasteiger partial charge is 0.246 e. The third kappa shape index (κ3) is 4.48. The van der Waals surface area contributed by atoms with E-state index in [2.05, 4.69) is 5.32 Å². The van der Waals surface area contributed by atoms with Crippen molar-refractivity contribution in [2.45, 2.75) is 18.9 Å². The highest BCUT2D eigenvalue weighted by molar-refractivity contribution is 7.92. The molecule has 0 aliphatic carbocycles. The number of halogens is 1. The number of amides is 1. The Bertz CT molecular complexity index is 975. The Morgan fingerprint density at radius 1 is 1.18 bits per heavy atom. The van der Waals surface area contributed by atoms with E-state index < -0.39 is 16.1 Å². The topological polar surface area (TPSA) is 69.7 Å². The maximum atomic E-state index is 13.0. The normalized spacial score (nSPS) is 15.2. The molecule has 1 N–H and O–H groups in total. The molecule has 1 unspecified atom stereocenters. The van der Waals surface area contributed by atoms with Gasteiger partial charge in [-0.05, 0) is 62.3 Å². The van der Waals surface area contributed by atoms with Crippen molar-refractivity contribution in [3.8, 4) is 0 Å². The minimum Gasteiger partial charge on any atom is -0.324 e. The molecule has 0 spiro atoms. The summed E-state index contributed by atoms with van der Waals surface area (Å²) < 4.78 is 25.6. The number of fused-ring (bicyclic) bond motifs is 1. The van der Waals surface area contributed by atoms with Crippen LogP contribution in [0.15, 0.2) is 42.5 Å². The number of hydrogen-bond acceptors (Lipinski definition) is 4. The Kier molecular flexibility index (Phi) is 5.98. The number of carbonyl (C=O) groups excluding carboxylic acids is 1. The Morgan fingerprint density at radius 3 is 2.46 bits per heavy atom. The molecular weight excluding hydrogens is 398 g/mol. The van der Waals surface area contributed by atoms with Gasteiger partial charge in [0.1, 0.15) is 6.04 Å². The lowest BCUT2D eigenvalue weighted by Crippen LogP contribution is -2.35. The van der Waals surface area contributed by atoms with Crippen LogP contribution in [0.3, 0.4) is 0 Å². The molecule has 0 fully saturated rings. The largest absolute Gasteiger partial charge is 0.324 e. The monoisotopic (exact) mass is 421 g/mol. The Hall–Kier alpha value is -2.09. The van der Waals surface area contributed by atoms with Crippen molar-refractivity contribution in [3.63, 3.8) is 0 Å². The minimum absolute atomic E-state index is 0.200. The van der Waals surface area contributed by atoms with Crippen molar-refractivity contribution in [1.29, 1.82) is 0 Å². The van der Waals surface area contributed by atoms with E-state index in [4.69, 9.17) is 11.6 Å². The summed E-state index contributed by atoms with van der Waals surface area (Å²) in [5, 5.41) is 3.53. The first-order valence-electron chi connectivity index (χ1n) is 9.00. The van der Waals surface area contributed by atoms with Crippen LogP contribution in [-0.2, 0) is 21.2 Å². The second kappa shape index (κ2) is 8.11. The first-order chi connectivity index (χ1) is 13.2. The van der Waals surface area contributed by atoms with E-state index in [0.717, 1.165) is 24.0 Å². The van der Waals surface area contributed by atoms with Crippen LogP contribution in [0.4, 0.5) is 11.4 Å². The lowest BCUT2D eigenvalue weighted by molar-refractivity contribution is -0.120. The number of aryl methyl sites for hydroxylation is 1. The highest BCUT2D eigenvalue weighted by Gasteiger charge is 2.26. The van der Waals surface area contributed by atoms with E-state index in [-0.39, 0.29) is 5.91 Å². The number of sulfonamides is 1. The van der Waals surface area contributed by atoms with Gasteiger partial charge in [-0.2, -0.15) is 0 Å². The van der Waals surface area contributed by atoms with Crippen LogP contribution >= 0.6 is 11.6 Å². The molecule has 1 atom stereocenters. The summed E-state index contributed by atoms with van der Waals surface area (Å²) in [6.07, 6.45) is 2.81. The number of benzene rings is 2. The molecule has 1 amide bonds. The molecule has 0 aromatic heterocycles. The number of anilines is 2. The molecule has 1 aliphatic rings. The maximum Gasteiger partial charge on any atom is 0.246 e. The van der Waals surface area contributed by atoms with E-state index >= 15 is 0 Å². The van der Waals surface area contributed by atoms with Crippen molar-refractivity contribution >= 4 is 38.9 Å². The summed E-state index contributed by atoms with van der Waals surface area (Å²) in [5.41, 5.74) is 3.00. The molecule has 0 bridgehead atoms. The van der Waals surface area contributed by atoms with E-state index in [0.29, 0.717) is 22.9 Å². The van der Waals surface area contributed by atoms with Gasteiger partial charge in [-0.3, -0.25) is 14.0 Å². The van der Waals surface area contributed by atoms with E-state index in [1.54, 1.807) is 18.2 Å². The number of likely N-dealkylation sites (N-methyl/N-ethyl adjacent to an activating group) is 1. The van der Waals surface area contributed by atoms with Gasteiger partial charge in [-0.25, -0.2) is 8.42 Å². The van der Waals surface area contributed by atoms with Crippen molar-refractivity contribution in [2.75, 3.05) is 36.5 Å². The van der Waals surface area contributed by atoms with E-state index in [1.165, 1.54) is 10.6 Å². The molecule has 8 heteroatoms. The van der Waals surface area contributed by atoms with Crippen LogP contribution in [0, 0.1) is 0 Å². The fourth-order valence-electron chi connectivity index (χ4n) is 3.50. The summed E-state index contributed by atoms with van der Waals surface area (Å²) in [4.78, 5) is 14.8. The zero-order valence-corrected chi connectivity index (χ0v) is 17.7. The number of nitrogens with zero attached hydrogens (tertiary/aromatic N) is 2. The van der Waals surface area contributed by atoms with Gasteiger partial charge in [0, 0.05) is 17.3 Å². The van der Waals surface area contributed by atoms with Crippen LogP contribution in [-0.4, -0.2) is 46.1 Å². The Morgan fingerprint density at radius 2 is 1.86 bits per heavy atom. The molecule has 1 heterocycles. The number of nitrogens with one attached hydrogen (secondary N) is 1. The lowest BCUT2D eigenvalue weighted by Gasteiger charge is -2.30. The molecule has 2 aromatic rings. The molecule has 1 aliphatic heterocycles. The fourth-order valence-corrected chi connectivity index (χ4v) is 4.62. The number of carbonyl (C=O) groups is 1. The minimum atomic E-state index is -3.36. The van der Waals surface area contributed by atoms with Crippen LogP contribution in [0.5, 0.6) is 0 Å². The van der Waals surface area contributed by atoms with Gasteiger partial charge in [0.2, 0.25) is 15.9 Å². The molecule has 0 radical (unpaired) electrons. The molecule has 0 saturated carbocycles. The Balaban J connectivity index is 1.88. The molecule has 150 valence electrons. The second-order valence-electron chi connectivity index (χ2n) is 7.19. The summed E-state index contributed by atoms with van der Waals surface area (Å²) in [6.45, 7) is 0.453. The Labute approximate surface area is 171 Å².